The molecule has 0 aliphatic carbocycles. The highest BCUT2D eigenvalue weighted by Crippen LogP contribution is 2.26. The molecule has 0 spiro atoms. The van der Waals surface area contributed by atoms with Gasteiger partial charge in [0.15, 0.2) is 0 Å². The minimum absolute atomic E-state index is 0.602. The Morgan fingerprint density at radius 2 is 2.13 bits per heavy atom. The number of hydrogen-bond donors (Lipinski definition) is 0. The highest BCUT2D eigenvalue weighted by Gasteiger charge is 2.11. The number of nitrogens with zero attached hydrogens (tertiary/aromatic N) is 6. The van der Waals surface area contributed by atoms with Crippen LogP contribution in [-0.2, 0) is 5.75 Å². The lowest BCUT2D eigenvalue weighted by Crippen LogP contribution is -1.99. The fraction of sp³-hybridized carbons (Fsp3) is 0.188. The minimum Gasteiger partial charge on any atom is -0.291 e. The van der Waals surface area contributed by atoms with E-state index < -0.39 is 0 Å². The van der Waals surface area contributed by atoms with Crippen molar-refractivity contribution in [2.75, 3.05) is 0 Å². The van der Waals surface area contributed by atoms with E-state index in [4.69, 9.17) is 0 Å². The molecule has 0 saturated carbocycles. The van der Waals surface area contributed by atoms with Gasteiger partial charge in [0.25, 0.3) is 0 Å². The molecule has 0 unspecified atom stereocenters. The van der Waals surface area contributed by atoms with Crippen molar-refractivity contribution in [3.05, 3.63) is 59.4 Å². The summed E-state index contributed by atoms with van der Waals surface area (Å²) in [5.74, 6) is 1.50. The number of thioether (sulfide) groups is 1. The van der Waals surface area contributed by atoms with E-state index >= 15 is 0 Å². The van der Waals surface area contributed by atoms with Crippen LogP contribution in [0, 0.1) is 25.2 Å². The summed E-state index contributed by atoms with van der Waals surface area (Å²) in [6.07, 6.45) is 7.09. The van der Waals surface area contributed by atoms with Crippen LogP contribution in [0.5, 0.6) is 0 Å². The second-order valence-electron chi connectivity index (χ2n) is 4.99. The van der Waals surface area contributed by atoms with Crippen LogP contribution in [0.25, 0.3) is 5.82 Å². The molecule has 0 amide bonds. The van der Waals surface area contributed by atoms with Crippen molar-refractivity contribution in [2.24, 2.45) is 0 Å². The summed E-state index contributed by atoms with van der Waals surface area (Å²) in [5.41, 5.74) is 3.34. The molecule has 0 aliphatic rings. The summed E-state index contributed by atoms with van der Waals surface area (Å²) in [6.45, 7) is 3.75. The third-order valence-corrected chi connectivity index (χ3v) is 4.52. The first-order valence-electron chi connectivity index (χ1n) is 6.99. The second kappa shape index (κ2) is 6.58. The molecule has 7 heteroatoms. The highest BCUT2D eigenvalue weighted by molar-refractivity contribution is 7.98. The smallest absolute Gasteiger partial charge is 0.137 e. The molecule has 0 bridgehead atoms. The first-order chi connectivity index (χ1) is 11.2. The van der Waals surface area contributed by atoms with Crippen molar-refractivity contribution in [3.63, 3.8) is 0 Å². The Morgan fingerprint density at radius 3 is 2.78 bits per heavy atom. The fourth-order valence-corrected chi connectivity index (χ4v) is 2.94. The molecule has 6 nitrogen and oxygen atoms in total. The quantitative estimate of drug-likeness (QED) is 0.687. The molecule has 23 heavy (non-hydrogen) atoms. The number of pyridine rings is 1. The van der Waals surface area contributed by atoms with Crippen molar-refractivity contribution >= 4 is 11.8 Å². The lowest BCUT2D eigenvalue weighted by atomic mass is 10.1. The van der Waals surface area contributed by atoms with E-state index in [1.807, 2.05) is 42.9 Å². The molecule has 0 aliphatic heterocycles. The molecular formula is C16H14N6S. The van der Waals surface area contributed by atoms with Gasteiger partial charge in [0, 0.05) is 24.3 Å². The molecule has 0 aromatic carbocycles. The number of rotatable bonds is 4. The van der Waals surface area contributed by atoms with E-state index in [0.29, 0.717) is 16.3 Å². The number of imidazole rings is 1. The molecular weight excluding hydrogens is 308 g/mol. The Kier molecular flexibility index (Phi) is 4.35. The van der Waals surface area contributed by atoms with Crippen LogP contribution in [-0.4, -0.2) is 24.7 Å². The number of aromatic nitrogens is 5. The monoisotopic (exact) mass is 322 g/mol. The zero-order valence-electron chi connectivity index (χ0n) is 12.8. The Balaban J connectivity index is 1.74. The average Bonchev–Trinajstić information content (AvgIpc) is 3.11. The van der Waals surface area contributed by atoms with Crippen LogP contribution < -0.4 is 0 Å². The lowest BCUT2D eigenvalue weighted by Gasteiger charge is -2.07. The zero-order valence-corrected chi connectivity index (χ0v) is 13.6. The molecule has 0 saturated heterocycles. The van der Waals surface area contributed by atoms with Gasteiger partial charge >= 0.3 is 0 Å². The molecule has 0 fully saturated rings. The van der Waals surface area contributed by atoms with E-state index in [1.165, 1.54) is 11.8 Å². The lowest BCUT2D eigenvalue weighted by molar-refractivity contribution is 0.871. The fourth-order valence-electron chi connectivity index (χ4n) is 2.02. The van der Waals surface area contributed by atoms with Crippen LogP contribution in [0.1, 0.15) is 22.4 Å². The van der Waals surface area contributed by atoms with Gasteiger partial charge < -0.3 is 0 Å². The SMILES string of the molecule is Cc1nnc(SCc2ccc(-n3ccnc3)nc2)c(C#N)c1C. The normalized spacial score (nSPS) is 10.5. The van der Waals surface area contributed by atoms with Gasteiger partial charge in [-0.25, -0.2) is 9.97 Å². The Morgan fingerprint density at radius 1 is 1.26 bits per heavy atom. The van der Waals surface area contributed by atoms with Crippen LogP contribution in [0.4, 0.5) is 0 Å². The molecule has 3 heterocycles. The largest absolute Gasteiger partial charge is 0.291 e. The number of aryl methyl sites for hydroxylation is 1. The van der Waals surface area contributed by atoms with E-state index in [9.17, 15) is 5.26 Å². The van der Waals surface area contributed by atoms with E-state index in [2.05, 4.69) is 26.2 Å². The predicted octanol–water partition coefficient (Wildman–Crippen LogP) is 2.84. The molecule has 0 atom stereocenters. The van der Waals surface area contributed by atoms with Gasteiger partial charge in [0.05, 0.1) is 11.3 Å². The molecule has 0 N–H and O–H groups in total. The predicted molar refractivity (Wildman–Crippen MR) is 87.1 cm³/mol. The summed E-state index contributed by atoms with van der Waals surface area (Å²) in [4.78, 5) is 8.42. The molecule has 3 aromatic heterocycles. The first kappa shape index (κ1) is 15.2. The molecule has 3 rings (SSSR count). The van der Waals surface area contributed by atoms with Crippen molar-refractivity contribution in [2.45, 2.75) is 24.6 Å². The number of nitriles is 1. The van der Waals surface area contributed by atoms with Gasteiger partial charge in [0.2, 0.25) is 0 Å². The highest BCUT2D eigenvalue weighted by atomic mass is 32.2. The molecule has 0 radical (unpaired) electrons. The topological polar surface area (TPSA) is 80.3 Å². The van der Waals surface area contributed by atoms with E-state index in [1.54, 1.807) is 12.5 Å². The first-order valence-corrected chi connectivity index (χ1v) is 7.97. The van der Waals surface area contributed by atoms with Gasteiger partial charge in [-0.05, 0) is 31.0 Å². The van der Waals surface area contributed by atoms with Crippen LogP contribution in [0.2, 0.25) is 0 Å². The second-order valence-corrected chi connectivity index (χ2v) is 5.95. The minimum atomic E-state index is 0.602. The summed E-state index contributed by atoms with van der Waals surface area (Å²) < 4.78 is 1.85. The van der Waals surface area contributed by atoms with Crippen LogP contribution >= 0.6 is 11.8 Å². The van der Waals surface area contributed by atoms with Crippen molar-refractivity contribution in [3.8, 4) is 11.9 Å². The maximum Gasteiger partial charge on any atom is 0.137 e. The maximum absolute atomic E-state index is 9.31. The summed E-state index contributed by atoms with van der Waals surface area (Å²) >= 11 is 1.50. The standard InChI is InChI=1S/C16H14N6S/c1-11-12(2)20-21-16(14(11)7-17)23-9-13-3-4-15(19-8-13)22-6-5-18-10-22/h3-6,8,10H,9H2,1-2H3. The Bertz CT molecular complexity index is 850. The maximum atomic E-state index is 9.31. The van der Waals surface area contributed by atoms with Crippen molar-refractivity contribution in [1.29, 1.82) is 5.26 Å². The zero-order chi connectivity index (χ0) is 16.2. The molecule has 114 valence electrons. The summed E-state index contributed by atoms with van der Waals surface area (Å²) in [6, 6.07) is 6.17. The molecule has 3 aromatic rings. The number of hydrogen-bond acceptors (Lipinski definition) is 6. The Labute approximate surface area is 138 Å². The van der Waals surface area contributed by atoms with Crippen LogP contribution in [0.3, 0.4) is 0 Å². The van der Waals surface area contributed by atoms with Gasteiger partial charge in [0.1, 0.15) is 23.2 Å². The third kappa shape index (κ3) is 3.22. The van der Waals surface area contributed by atoms with Crippen molar-refractivity contribution in [1.82, 2.24) is 24.7 Å². The van der Waals surface area contributed by atoms with Gasteiger partial charge in [-0.1, -0.05) is 17.8 Å². The van der Waals surface area contributed by atoms with Gasteiger partial charge in [-0.3, -0.25) is 4.57 Å². The van der Waals surface area contributed by atoms with Gasteiger partial charge in [-0.2, -0.15) is 10.4 Å². The summed E-state index contributed by atoms with van der Waals surface area (Å²) in [7, 11) is 0. The summed E-state index contributed by atoms with van der Waals surface area (Å²) in [5, 5.41) is 18.2. The Hall–Kier alpha value is -2.72. The third-order valence-electron chi connectivity index (χ3n) is 3.49. The van der Waals surface area contributed by atoms with E-state index in [0.717, 1.165) is 22.6 Å². The van der Waals surface area contributed by atoms with Crippen LogP contribution in [0.15, 0.2) is 42.1 Å². The van der Waals surface area contributed by atoms with Crippen molar-refractivity contribution < 1.29 is 0 Å². The van der Waals surface area contributed by atoms with Gasteiger partial charge in [-0.15, -0.1) is 5.10 Å². The average molecular weight is 322 g/mol. The van der Waals surface area contributed by atoms with E-state index in [-0.39, 0.29) is 0 Å².